The van der Waals surface area contributed by atoms with Crippen LogP contribution < -0.4 is 26.0 Å². The number of aryl methyl sites for hydroxylation is 1. The Labute approximate surface area is 213 Å². The highest BCUT2D eigenvalue weighted by Gasteiger charge is 2.35. The molecule has 0 spiro atoms. The number of fused-ring (bicyclic) bond motifs is 3. The second kappa shape index (κ2) is 8.97. The number of carbonyl (C=O) groups is 1. The van der Waals surface area contributed by atoms with E-state index in [-0.39, 0.29) is 17.6 Å². The summed E-state index contributed by atoms with van der Waals surface area (Å²) in [7, 11) is 1.77. The molecule has 2 aliphatic heterocycles. The number of nitrogens with one attached hydrogen (secondary N) is 2. The quantitative estimate of drug-likeness (QED) is 0.482. The van der Waals surface area contributed by atoms with Gasteiger partial charge in [-0.15, -0.1) is 0 Å². The number of carbonyl (C=O) groups excluding carboxylic acids is 1. The molecule has 9 nitrogen and oxygen atoms in total. The number of anilines is 3. The van der Waals surface area contributed by atoms with Crippen LogP contribution >= 0.6 is 0 Å². The lowest BCUT2D eigenvalue weighted by molar-refractivity contribution is 0.215. The van der Waals surface area contributed by atoms with Crippen molar-refractivity contribution in [1.82, 2.24) is 9.97 Å². The summed E-state index contributed by atoms with van der Waals surface area (Å²) in [6, 6.07) is 10.4. The molecule has 3 aliphatic rings. The molecule has 1 fully saturated rings. The first-order valence-electron chi connectivity index (χ1n) is 12.1. The van der Waals surface area contributed by atoms with E-state index in [9.17, 15) is 9.18 Å². The Kier molecular flexibility index (Phi) is 5.60. The Bertz CT molecular complexity index is 1490. The van der Waals surface area contributed by atoms with Crippen molar-refractivity contribution < 1.29 is 13.9 Å². The number of hydrogen-bond donors (Lipinski definition) is 3. The van der Waals surface area contributed by atoms with Gasteiger partial charge in [0.2, 0.25) is 5.95 Å². The summed E-state index contributed by atoms with van der Waals surface area (Å²) >= 11 is 0. The van der Waals surface area contributed by atoms with Crippen molar-refractivity contribution in [3.63, 3.8) is 0 Å². The van der Waals surface area contributed by atoms with E-state index in [1.807, 2.05) is 30.0 Å². The number of ether oxygens (including phenoxy) is 1. The standard InChI is InChI=1S/C27H26FN7O2/c1-14-8-21(28)23(33-27(36)37-17-5-3-4-15(9-17)19-11-22(19)29)12-18(14)20-10-16-13-32-26(30-2)34-24(16)35-7-6-31-25(20)35/h3-5,8-10,12-13,19,22H,6-7,11,29H2,1-2H3,(H,33,36)(H,30,32,34). The molecule has 188 valence electrons. The van der Waals surface area contributed by atoms with Crippen LogP contribution in [0.2, 0.25) is 0 Å². The van der Waals surface area contributed by atoms with Crippen molar-refractivity contribution in [1.29, 1.82) is 0 Å². The molecule has 1 amide bonds. The normalized spacial score (nSPS) is 19.4. The number of aliphatic imine (C=N–C) groups is 1. The Morgan fingerprint density at radius 2 is 2.11 bits per heavy atom. The first kappa shape index (κ1) is 23.1. The van der Waals surface area contributed by atoms with Crippen LogP contribution in [0.3, 0.4) is 0 Å². The van der Waals surface area contributed by atoms with Gasteiger partial charge in [-0.25, -0.2) is 14.2 Å². The van der Waals surface area contributed by atoms with Crippen molar-refractivity contribution in [3.8, 4) is 5.75 Å². The summed E-state index contributed by atoms with van der Waals surface area (Å²) in [6.45, 7) is 3.13. The zero-order valence-corrected chi connectivity index (χ0v) is 20.5. The van der Waals surface area contributed by atoms with Gasteiger partial charge in [-0.05, 0) is 60.4 Å². The maximum Gasteiger partial charge on any atom is 0.417 e. The number of amidine groups is 1. The van der Waals surface area contributed by atoms with E-state index in [1.54, 1.807) is 31.4 Å². The van der Waals surface area contributed by atoms with Gasteiger partial charge in [-0.2, -0.15) is 4.98 Å². The molecule has 1 saturated carbocycles. The molecular weight excluding hydrogens is 473 g/mol. The van der Waals surface area contributed by atoms with Gasteiger partial charge in [0.1, 0.15) is 23.2 Å². The maximum atomic E-state index is 14.9. The van der Waals surface area contributed by atoms with E-state index < -0.39 is 11.9 Å². The molecule has 3 aromatic rings. The highest BCUT2D eigenvalue weighted by molar-refractivity contribution is 6.36. The fraction of sp³-hybridized carbons (Fsp3) is 0.259. The molecule has 0 saturated heterocycles. The third kappa shape index (κ3) is 4.29. The maximum absolute atomic E-state index is 14.9. The largest absolute Gasteiger partial charge is 0.417 e. The topological polar surface area (TPSA) is 118 Å². The molecule has 10 heteroatoms. The molecule has 2 atom stereocenters. The van der Waals surface area contributed by atoms with Crippen molar-refractivity contribution in [2.75, 3.05) is 35.7 Å². The zero-order valence-electron chi connectivity index (χ0n) is 20.5. The van der Waals surface area contributed by atoms with E-state index in [4.69, 9.17) is 15.5 Å². The molecule has 6 rings (SSSR count). The molecular formula is C27H26FN7O2. The third-order valence-corrected chi connectivity index (χ3v) is 6.83. The monoisotopic (exact) mass is 499 g/mol. The Hall–Kier alpha value is -4.31. The molecule has 2 unspecified atom stereocenters. The fourth-order valence-corrected chi connectivity index (χ4v) is 4.83. The minimum Gasteiger partial charge on any atom is -0.410 e. The second-order valence-electron chi connectivity index (χ2n) is 9.38. The number of nitrogens with zero attached hydrogens (tertiary/aromatic N) is 4. The lowest BCUT2D eigenvalue weighted by Crippen LogP contribution is -2.32. The van der Waals surface area contributed by atoms with Crippen LogP contribution in [-0.4, -0.2) is 48.1 Å². The summed E-state index contributed by atoms with van der Waals surface area (Å²) in [5, 5.41) is 5.52. The molecule has 1 aliphatic carbocycles. The number of rotatable bonds is 5. The lowest BCUT2D eigenvalue weighted by atomic mass is 9.94. The van der Waals surface area contributed by atoms with Crippen LogP contribution in [0.5, 0.6) is 5.75 Å². The number of nitrogens with two attached hydrogens (primary N) is 1. The van der Waals surface area contributed by atoms with Gasteiger partial charge in [0.05, 0.1) is 12.2 Å². The summed E-state index contributed by atoms with van der Waals surface area (Å²) in [4.78, 5) is 28.3. The van der Waals surface area contributed by atoms with Gasteiger partial charge in [0.15, 0.2) is 0 Å². The molecule has 0 bridgehead atoms. The van der Waals surface area contributed by atoms with E-state index in [0.717, 1.165) is 40.3 Å². The number of aromatic nitrogens is 2. The Balaban J connectivity index is 1.29. The molecule has 4 N–H and O–H groups in total. The number of halogens is 1. The van der Waals surface area contributed by atoms with Gasteiger partial charge < -0.3 is 20.7 Å². The average Bonchev–Trinajstić information content (AvgIpc) is 3.41. The number of benzene rings is 2. The Morgan fingerprint density at radius 3 is 2.89 bits per heavy atom. The van der Waals surface area contributed by atoms with Gasteiger partial charge in [0.25, 0.3) is 0 Å². The van der Waals surface area contributed by atoms with Crippen LogP contribution in [0.25, 0.3) is 11.6 Å². The minimum atomic E-state index is -0.776. The van der Waals surface area contributed by atoms with Gasteiger partial charge in [0, 0.05) is 42.9 Å². The first-order valence-corrected chi connectivity index (χ1v) is 12.1. The summed E-state index contributed by atoms with van der Waals surface area (Å²) in [6.07, 6.45) is 3.84. The van der Waals surface area contributed by atoms with Crippen molar-refractivity contribution in [3.05, 3.63) is 70.7 Å². The molecule has 37 heavy (non-hydrogen) atoms. The lowest BCUT2D eigenvalue weighted by Gasteiger charge is -2.28. The summed E-state index contributed by atoms with van der Waals surface area (Å²) in [5.41, 5.74) is 10.1. The van der Waals surface area contributed by atoms with Gasteiger partial charge in [-0.1, -0.05) is 12.1 Å². The van der Waals surface area contributed by atoms with E-state index in [0.29, 0.717) is 30.4 Å². The fourth-order valence-electron chi connectivity index (χ4n) is 4.83. The van der Waals surface area contributed by atoms with Gasteiger partial charge in [-0.3, -0.25) is 10.3 Å². The van der Waals surface area contributed by atoms with Crippen LogP contribution in [-0.2, 0) is 0 Å². The molecule has 0 radical (unpaired) electrons. The zero-order chi connectivity index (χ0) is 25.7. The van der Waals surface area contributed by atoms with Crippen molar-refractivity contribution in [2.24, 2.45) is 10.7 Å². The van der Waals surface area contributed by atoms with Crippen molar-refractivity contribution >= 4 is 41.0 Å². The Morgan fingerprint density at radius 1 is 1.27 bits per heavy atom. The SMILES string of the molecule is CNc1ncc2c(n1)N1CCN=C1C(c1cc(NC(=O)Oc3cccc(C4CC4N)c3)c(F)cc1C)=C2. The van der Waals surface area contributed by atoms with E-state index in [1.165, 1.54) is 6.07 Å². The minimum absolute atomic E-state index is 0.0181. The average molecular weight is 500 g/mol. The summed E-state index contributed by atoms with van der Waals surface area (Å²) in [5.74, 6) is 2.16. The van der Waals surface area contributed by atoms with Crippen molar-refractivity contribution in [2.45, 2.75) is 25.3 Å². The first-order chi connectivity index (χ1) is 17.9. The highest BCUT2D eigenvalue weighted by atomic mass is 19.1. The highest BCUT2D eigenvalue weighted by Crippen LogP contribution is 2.40. The number of hydrogen-bond acceptors (Lipinski definition) is 8. The van der Waals surface area contributed by atoms with Crippen LogP contribution in [0.15, 0.2) is 47.6 Å². The second-order valence-corrected chi connectivity index (χ2v) is 9.38. The molecule has 1 aromatic heterocycles. The van der Waals surface area contributed by atoms with E-state index >= 15 is 0 Å². The van der Waals surface area contributed by atoms with Gasteiger partial charge >= 0.3 is 6.09 Å². The summed E-state index contributed by atoms with van der Waals surface area (Å²) < 4.78 is 20.4. The van der Waals surface area contributed by atoms with E-state index in [2.05, 4.69) is 20.6 Å². The van der Waals surface area contributed by atoms with Crippen LogP contribution in [0, 0.1) is 12.7 Å². The van der Waals surface area contributed by atoms with Crippen LogP contribution in [0.4, 0.5) is 26.6 Å². The number of amides is 1. The smallest absolute Gasteiger partial charge is 0.410 e. The predicted octanol–water partition coefficient (Wildman–Crippen LogP) is 4.16. The predicted molar refractivity (Wildman–Crippen MR) is 142 cm³/mol. The molecule has 3 heterocycles. The molecule has 2 aromatic carbocycles. The third-order valence-electron chi connectivity index (χ3n) is 6.83. The van der Waals surface area contributed by atoms with Crippen LogP contribution in [0.1, 0.15) is 34.6 Å².